The van der Waals surface area contributed by atoms with Crippen molar-refractivity contribution in [2.45, 2.75) is 13.8 Å². The number of benzene rings is 2. The van der Waals surface area contributed by atoms with E-state index in [0.717, 1.165) is 11.3 Å². The van der Waals surface area contributed by atoms with Crippen LogP contribution in [0.3, 0.4) is 0 Å². The van der Waals surface area contributed by atoms with Crippen LogP contribution in [0.4, 0.5) is 15.8 Å². The number of piperazine rings is 1. The Morgan fingerprint density at radius 1 is 1.19 bits per heavy atom. The maximum atomic E-state index is 14.4. The Bertz CT molecular complexity index is 882. The standard InChI is InChI=1S/C20H21ClFN3OS/c1-13-16(21)4-3-5-18(13)23-20(27)25-10-8-24(9-11-25)19-7-6-15(14(2)26)12-17(19)22/h3-7,12H,8-11H2,1-2H3,(H,23,27). The van der Waals surface area contributed by atoms with Crippen molar-refractivity contribution >= 4 is 46.1 Å². The van der Waals surface area contributed by atoms with Crippen molar-refractivity contribution in [1.29, 1.82) is 0 Å². The maximum absolute atomic E-state index is 14.4. The number of nitrogens with zero attached hydrogens (tertiary/aromatic N) is 2. The molecular weight excluding hydrogens is 385 g/mol. The second kappa shape index (κ2) is 8.23. The van der Waals surface area contributed by atoms with E-state index in [0.29, 0.717) is 47.6 Å². The van der Waals surface area contributed by atoms with Crippen LogP contribution in [0.15, 0.2) is 36.4 Å². The van der Waals surface area contributed by atoms with Gasteiger partial charge in [0.2, 0.25) is 0 Å². The molecule has 7 heteroatoms. The molecule has 27 heavy (non-hydrogen) atoms. The minimum atomic E-state index is -0.369. The van der Waals surface area contributed by atoms with Gasteiger partial charge in [0, 0.05) is 42.5 Å². The zero-order chi connectivity index (χ0) is 19.6. The van der Waals surface area contributed by atoms with Crippen LogP contribution in [0, 0.1) is 12.7 Å². The number of Topliss-reactive ketones (excluding diaryl/α,β-unsaturated/α-hetero) is 1. The van der Waals surface area contributed by atoms with Gasteiger partial charge in [-0.3, -0.25) is 4.79 Å². The molecule has 2 aromatic rings. The highest BCUT2D eigenvalue weighted by Gasteiger charge is 2.22. The normalized spacial score (nSPS) is 14.2. The number of rotatable bonds is 3. The Kier molecular flexibility index (Phi) is 5.97. The summed E-state index contributed by atoms with van der Waals surface area (Å²) in [5.74, 6) is -0.510. The minimum absolute atomic E-state index is 0.141. The van der Waals surface area contributed by atoms with Gasteiger partial charge < -0.3 is 15.1 Å². The number of hydrogen-bond donors (Lipinski definition) is 1. The van der Waals surface area contributed by atoms with E-state index in [-0.39, 0.29) is 11.6 Å². The first-order valence-corrected chi connectivity index (χ1v) is 9.52. The number of anilines is 2. The molecule has 3 rings (SSSR count). The molecule has 0 unspecified atom stereocenters. The van der Waals surface area contributed by atoms with E-state index < -0.39 is 0 Å². The number of halogens is 2. The van der Waals surface area contributed by atoms with Gasteiger partial charge in [-0.2, -0.15) is 0 Å². The highest BCUT2D eigenvalue weighted by Crippen LogP contribution is 2.25. The van der Waals surface area contributed by atoms with Gasteiger partial charge in [0.1, 0.15) is 5.82 Å². The average molecular weight is 406 g/mol. The highest BCUT2D eigenvalue weighted by molar-refractivity contribution is 7.80. The number of ketones is 1. The lowest BCUT2D eigenvalue weighted by molar-refractivity contribution is 0.101. The Hall–Kier alpha value is -2.18. The molecule has 0 atom stereocenters. The van der Waals surface area contributed by atoms with Crippen LogP contribution in [0.2, 0.25) is 5.02 Å². The molecule has 1 N–H and O–H groups in total. The van der Waals surface area contributed by atoms with Crippen LogP contribution in [-0.4, -0.2) is 42.0 Å². The Morgan fingerprint density at radius 3 is 2.52 bits per heavy atom. The molecule has 0 saturated carbocycles. The number of nitrogens with one attached hydrogen (secondary N) is 1. The minimum Gasteiger partial charge on any atom is -0.366 e. The molecule has 0 radical (unpaired) electrons. The fourth-order valence-corrected chi connectivity index (χ4v) is 3.54. The summed E-state index contributed by atoms with van der Waals surface area (Å²) in [4.78, 5) is 15.4. The molecule has 0 aliphatic carbocycles. The first kappa shape index (κ1) is 19.6. The third-order valence-electron chi connectivity index (χ3n) is 4.77. The predicted molar refractivity (Wildman–Crippen MR) is 113 cm³/mol. The first-order chi connectivity index (χ1) is 12.9. The van der Waals surface area contributed by atoms with Gasteiger partial charge in [0.05, 0.1) is 5.69 Å². The van der Waals surface area contributed by atoms with Crippen LogP contribution in [-0.2, 0) is 0 Å². The van der Waals surface area contributed by atoms with Gasteiger partial charge in [0.25, 0.3) is 0 Å². The lowest BCUT2D eigenvalue weighted by Crippen LogP contribution is -2.50. The van der Waals surface area contributed by atoms with Gasteiger partial charge in [0.15, 0.2) is 10.9 Å². The molecular formula is C20H21ClFN3OS. The van der Waals surface area contributed by atoms with Crippen LogP contribution >= 0.6 is 23.8 Å². The molecule has 0 amide bonds. The average Bonchev–Trinajstić information content (AvgIpc) is 2.65. The number of hydrogen-bond acceptors (Lipinski definition) is 3. The molecule has 1 saturated heterocycles. The van der Waals surface area contributed by atoms with E-state index in [1.165, 1.54) is 13.0 Å². The molecule has 1 aliphatic rings. The quantitative estimate of drug-likeness (QED) is 0.600. The summed E-state index contributed by atoms with van der Waals surface area (Å²) in [7, 11) is 0. The van der Waals surface area contributed by atoms with Crippen LogP contribution in [0.25, 0.3) is 0 Å². The number of carbonyl (C=O) groups excluding carboxylic acids is 1. The van der Waals surface area contributed by atoms with Crippen molar-refractivity contribution in [3.63, 3.8) is 0 Å². The lowest BCUT2D eigenvalue weighted by Gasteiger charge is -2.37. The summed E-state index contributed by atoms with van der Waals surface area (Å²) in [6.45, 7) is 6.03. The van der Waals surface area contributed by atoms with E-state index in [1.807, 2.05) is 30.0 Å². The SMILES string of the molecule is CC(=O)c1ccc(N2CCN(C(=S)Nc3cccc(Cl)c3C)CC2)c(F)c1. The third-order valence-corrected chi connectivity index (χ3v) is 5.54. The molecule has 1 aliphatic heterocycles. The van der Waals surface area contributed by atoms with Crippen molar-refractivity contribution in [3.8, 4) is 0 Å². The van der Waals surface area contributed by atoms with Crippen LogP contribution < -0.4 is 10.2 Å². The smallest absolute Gasteiger partial charge is 0.173 e. The van der Waals surface area contributed by atoms with Gasteiger partial charge in [-0.05, 0) is 62.0 Å². The fourth-order valence-electron chi connectivity index (χ4n) is 3.07. The van der Waals surface area contributed by atoms with Crippen molar-refractivity contribution in [2.75, 3.05) is 36.4 Å². The second-order valence-corrected chi connectivity index (χ2v) is 7.33. The molecule has 142 valence electrons. The molecule has 0 bridgehead atoms. The Balaban J connectivity index is 1.62. The fraction of sp³-hybridized carbons (Fsp3) is 0.300. The van der Waals surface area contributed by atoms with Gasteiger partial charge >= 0.3 is 0 Å². The second-order valence-electron chi connectivity index (χ2n) is 6.54. The summed E-state index contributed by atoms with van der Waals surface area (Å²) in [6.07, 6.45) is 0. The van der Waals surface area contributed by atoms with E-state index in [4.69, 9.17) is 23.8 Å². The number of thiocarbonyl (C=S) groups is 1. The van der Waals surface area contributed by atoms with Crippen molar-refractivity contribution in [3.05, 3.63) is 58.4 Å². The predicted octanol–water partition coefficient (Wildman–Crippen LogP) is 4.51. The summed E-state index contributed by atoms with van der Waals surface area (Å²) in [6, 6.07) is 10.3. The molecule has 0 spiro atoms. The molecule has 4 nitrogen and oxygen atoms in total. The molecule has 2 aromatic carbocycles. The van der Waals surface area contributed by atoms with Gasteiger partial charge in [-0.15, -0.1) is 0 Å². The number of carbonyl (C=O) groups is 1. The summed E-state index contributed by atoms with van der Waals surface area (Å²) >= 11 is 11.7. The Labute approximate surface area is 168 Å². The van der Waals surface area contributed by atoms with Crippen LogP contribution in [0.1, 0.15) is 22.8 Å². The summed E-state index contributed by atoms with van der Waals surface area (Å²) < 4.78 is 14.4. The van der Waals surface area contributed by atoms with Crippen molar-refractivity contribution in [1.82, 2.24) is 4.90 Å². The zero-order valence-corrected chi connectivity index (χ0v) is 16.8. The third kappa shape index (κ3) is 4.39. The van der Waals surface area contributed by atoms with Gasteiger partial charge in [-0.1, -0.05) is 17.7 Å². The first-order valence-electron chi connectivity index (χ1n) is 8.73. The largest absolute Gasteiger partial charge is 0.366 e. The van der Waals surface area contributed by atoms with E-state index in [9.17, 15) is 9.18 Å². The molecule has 1 heterocycles. The van der Waals surface area contributed by atoms with E-state index in [1.54, 1.807) is 12.1 Å². The molecule has 0 aromatic heterocycles. The topological polar surface area (TPSA) is 35.6 Å². The van der Waals surface area contributed by atoms with Crippen molar-refractivity contribution in [2.24, 2.45) is 0 Å². The lowest BCUT2D eigenvalue weighted by atomic mass is 10.1. The van der Waals surface area contributed by atoms with E-state index in [2.05, 4.69) is 10.2 Å². The summed E-state index contributed by atoms with van der Waals surface area (Å²) in [5, 5.41) is 4.57. The highest BCUT2D eigenvalue weighted by atomic mass is 35.5. The van der Waals surface area contributed by atoms with Gasteiger partial charge in [-0.25, -0.2) is 4.39 Å². The monoisotopic (exact) mass is 405 g/mol. The maximum Gasteiger partial charge on any atom is 0.173 e. The van der Waals surface area contributed by atoms with Crippen LogP contribution in [0.5, 0.6) is 0 Å². The van der Waals surface area contributed by atoms with E-state index >= 15 is 0 Å². The summed E-state index contributed by atoms with van der Waals surface area (Å²) in [5.41, 5.74) is 2.75. The zero-order valence-electron chi connectivity index (χ0n) is 15.3. The van der Waals surface area contributed by atoms with Crippen molar-refractivity contribution < 1.29 is 9.18 Å². The Morgan fingerprint density at radius 2 is 1.89 bits per heavy atom. The molecule has 1 fully saturated rings.